The molecule has 20 heavy (non-hydrogen) atoms. The number of aromatic amines is 1. The number of benzene rings is 1. The van der Waals surface area contributed by atoms with Crippen LogP contribution in [0.1, 0.15) is 27.3 Å². The van der Waals surface area contributed by atoms with Gasteiger partial charge in [0, 0.05) is 28.4 Å². The molecule has 2 aromatic rings. The first kappa shape index (κ1) is 13.1. The van der Waals surface area contributed by atoms with Crippen LogP contribution in [0.3, 0.4) is 0 Å². The third kappa shape index (κ3) is 2.42. The molecule has 0 unspecified atom stereocenters. The molecule has 5 nitrogen and oxygen atoms in total. The highest BCUT2D eigenvalue weighted by Crippen LogP contribution is 2.23. The van der Waals surface area contributed by atoms with E-state index in [1.807, 2.05) is 13.0 Å². The first-order valence-electron chi connectivity index (χ1n) is 6.36. The molecule has 1 aromatic carbocycles. The van der Waals surface area contributed by atoms with Gasteiger partial charge in [-0.3, -0.25) is 9.89 Å². The van der Waals surface area contributed by atoms with Gasteiger partial charge in [-0.1, -0.05) is 17.7 Å². The molecule has 1 aliphatic heterocycles. The molecule has 1 amide bonds. The number of rotatable bonds is 2. The maximum Gasteiger partial charge on any atom is 0.276 e. The number of fused-ring (bicyclic) bond motifs is 1. The predicted molar refractivity (Wildman–Crippen MR) is 76.1 cm³/mol. The van der Waals surface area contributed by atoms with Gasteiger partial charge in [-0.2, -0.15) is 5.10 Å². The maximum absolute atomic E-state index is 12.3. The summed E-state index contributed by atoms with van der Waals surface area (Å²) >= 11 is 5.95. The van der Waals surface area contributed by atoms with Gasteiger partial charge in [0.1, 0.15) is 0 Å². The Balaban J connectivity index is 1.86. The first-order valence-corrected chi connectivity index (χ1v) is 6.74. The van der Waals surface area contributed by atoms with Gasteiger partial charge in [-0.25, -0.2) is 0 Å². The van der Waals surface area contributed by atoms with Crippen LogP contribution in [0.5, 0.6) is 0 Å². The molecule has 6 heteroatoms. The summed E-state index contributed by atoms with van der Waals surface area (Å²) < 4.78 is 5.38. The molecule has 0 aliphatic carbocycles. The number of anilines is 1. The van der Waals surface area contributed by atoms with Gasteiger partial charge in [0.2, 0.25) is 0 Å². The molecule has 0 saturated carbocycles. The summed E-state index contributed by atoms with van der Waals surface area (Å²) in [6.07, 6.45) is 0.756. The van der Waals surface area contributed by atoms with Crippen molar-refractivity contribution in [2.75, 3.05) is 11.9 Å². The molecule has 1 aromatic heterocycles. The van der Waals surface area contributed by atoms with E-state index in [9.17, 15) is 4.79 Å². The van der Waals surface area contributed by atoms with Crippen LogP contribution in [0.25, 0.3) is 0 Å². The van der Waals surface area contributed by atoms with E-state index in [1.165, 1.54) is 0 Å². The molecule has 0 radical (unpaired) electrons. The van der Waals surface area contributed by atoms with Crippen molar-refractivity contribution >= 4 is 23.2 Å². The minimum absolute atomic E-state index is 0.252. The number of hydrogen-bond donors (Lipinski definition) is 2. The molecular formula is C14H14ClN3O2. The Hall–Kier alpha value is -1.85. The highest BCUT2D eigenvalue weighted by molar-refractivity contribution is 6.31. The van der Waals surface area contributed by atoms with E-state index in [1.54, 1.807) is 12.1 Å². The van der Waals surface area contributed by atoms with E-state index in [0.29, 0.717) is 29.6 Å². The molecule has 2 N–H and O–H groups in total. The Kier molecular flexibility index (Phi) is 3.46. The van der Waals surface area contributed by atoms with Gasteiger partial charge < -0.3 is 10.1 Å². The molecule has 0 saturated heterocycles. The summed E-state index contributed by atoms with van der Waals surface area (Å²) in [7, 11) is 0. The van der Waals surface area contributed by atoms with Gasteiger partial charge >= 0.3 is 0 Å². The van der Waals surface area contributed by atoms with Crippen molar-refractivity contribution in [3.63, 3.8) is 0 Å². The summed E-state index contributed by atoms with van der Waals surface area (Å²) in [6.45, 7) is 2.99. The van der Waals surface area contributed by atoms with Crippen molar-refractivity contribution in [3.05, 3.63) is 45.7 Å². The zero-order chi connectivity index (χ0) is 14.1. The molecule has 104 valence electrons. The van der Waals surface area contributed by atoms with Crippen molar-refractivity contribution in [3.8, 4) is 0 Å². The smallest absolute Gasteiger partial charge is 0.276 e. The molecule has 0 bridgehead atoms. The molecule has 3 rings (SSSR count). The Morgan fingerprint density at radius 2 is 2.35 bits per heavy atom. The zero-order valence-electron chi connectivity index (χ0n) is 11.0. The number of aromatic nitrogens is 2. The molecule has 0 spiro atoms. The van der Waals surface area contributed by atoms with Gasteiger partial charge in [0.25, 0.3) is 5.91 Å². The molecule has 0 atom stereocenters. The number of aryl methyl sites for hydroxylation is 1. The van der Waals surface area contributed by atoms with Crippen molar-refractivity contribution < 1.29 is 9.53 Å². The number of carbonyl (C=O) groups is 1. The standard InChI is InChI=1S/C14H14ClN3O2/c1-8-2-3-9(15)6-12(8)16-14(19)13-10-7-20-5-4-11(10)17-18-13/h2-3,6H,4-5,7H2,1H3,(H,16,19)(H,17,18). The highest BCUT2D eigenvalue weighted by atomic mass is 35.5. The zero-order valence-corrected chi connectivity index (χ0v) is 11.8. The van der Waals surface area contributed by atoms with E-state index < -0.39 is 0 Å². The van der Waals surface area contributed by atoms with Gasteiger partial charge in [0.05, 0.1) is 13.2 Å². The van der Waals surface area contributed by atoms with Crippen molar-refractivity contribution in [2.24, 2.45) is 0 Å². The van der Waals surface area contributed by atoms with Crippen LogP contribution in [0, 0.1) is 6.92 Å². The summed E-state index contributed by atoms with van der Waals surface area (Å²) in [5.74, 6) is -0.252. The molecule has 2 heterocycles. The van der Waals surface area contributed by atoms with E-state index in [-0.39, 0.29) is 5.91 Å². The average molecular weight is 292 g/mol. The predicted octanol–water partition coefficient (Wildman–Crippen LogP) is 2.70. The van der Waals surface area contributed by atoms with Crippen LogP contribution in [0.4, 0.5) is 5.69 Å². The normalized spacial score (nSPS) is 13.9. The van der Waals surface area contributed by atoms with Crippen LogP contribution in [0.15, 0.2) is 18.2 Å². The van der Waals surface area contributed by atoms with Crippen LogP contribution >= 0.6 is 11.6 Å². The van der Waals surface area contributed by atoms with Crippen LogP contribution in [0.2, 0.25) is 5.02 Å². The Bertz CT molecular complexity index is 666. The largest absolute Gasteiger partial charge is 0.376 e. The number of carbonyl (C=O) groups excluding carboxylic acids is 1. The number of H-pyrrole nitrogens is 1. The average Bonchev–Trinajstić information content (AvgIpc) is 2.87. The summed E-state index contributed by atoms with van der Waals surface area (Å²) in [5, 5.41) is 10.4. The number of halogens is 1. The molecular weight excluding hydrogens is 278 g/mol. The third-order valence-corrected chi connectivity index (χ3v) is 3.59. The number of amides is 1. The van der Waals surface area contributed by atoms with Crippen LogP contribution in [-0.4, -0.2) is 22.7 Å². The summed E-state index contributed by atoms with van der Waals surface area (Å²) in [6, 6.07) is 5.38. The second kappa shape index (κ2) is 5.26. The van der Waals surface area contributed by atoms with Crippen LogP contribution < -0.4 is 5.32 Å². The second-order valence-electron chi connectivity index (χ2n) is 4.75. The van der Waals surface area contributed by atoms with E-state index in [0.717, 1.165) is 23.2 Å². The van der Waals surface area contributed by atoms with E-state index in [4.69, 9.17) is 16.3 Å². The lowest BCUT2D eigenvalue weighted by molar-refractivity contribution is 0.0985. The fraction of sp³-hybridized carbons (Fsp3) is 0.286. The fourth-order valence-electron chi connectivity index (χ4n) is 2.21. The minimum atomic E-state index is -0.252. The van der Waals surface area contributed by atoms with Crippen molar-refractivity contribution in [1.29, 1.82) is 0 Å². The highest BCUT2D eigenvalue weighted by Gasteiger charge is 2.22. The summed E-state index contributed by atoms with van der Waals surface area (Å²) in [4.78, 5) is 12.3. The lowest BCUT2D eigenvalue weighted by Crippen LogP contribution is -2.17. The first-order chi connectivity index (χ1) is 9.65. The minimum Gasteiger partial charge on any atom is -0.376 e. The van der Waals surface area contributed by atoms with Crippen molar-refractivity contribution in [2.45, 2.75) is 20.0 Å². The number of hydrogen-bond acceptors (Lipinski definition) is 3. The lowest BCUT2D eigenvalue weighted by atomic mass is 10.1. The van der Waals surface area contributed by atoms with Crippen molar-refractivity contribution in [1.82, 2.24) is 10.2 Å². The van der Waals surface area contributed by atoms with Crippen LogP contribution in [-0.2, 0) is 17.8 Å². The maximum atomic E-state index is 12.3. The fourth-order valence-corrected chi connectivity index (χ4v) is 2.38. The Morgan fingerprint density at radius 3 is 3.20 bits per heavy atom. The molecule has 1 aliphatic rings. The van der Waals surface area contributed by atoms with Gasteiger partial charge in [-0.05, 0) is 24.6 Å². The Labute approximate surface area is 121 Å². The topological polar surface area (TPSA) is 67.0 Å². The molecule has 0 fully saturated rings. The third-order valence-electron chi connectivity index (χ3n) is 3.36. The summed E-state index contributed by atoms with van der Waals surface area (Å²) in [5.41, 5.74) is 3.84. The van der Waals surface area contributed by atoms with Gasteiger partial charge in [-0.15, -0.1) is 0 Å². The lowest BCUT2D eigenvalue weighted by Gasteiger charge is -2.13. The number of nitrogens with zero attached hydrogens (tertiary/aromatic N) is 1. The second-order valence-corrected chi connectivity index (χ2v) is 5.18. The SMILES string of the molecule is Cc1ccc(Cl)cc1NC(=O)c1n[nH]c2c1COCC2. The quantitative estimate of drug-likeness (QED) is 0.894. The van der Waals surface area contributed by atoms with E-state index in [2.05, 4.69) is 15.5 Å². The number of ether oxygens (including phenoxy) is 1. The van der Waals surface area contributed by atoms with E-state index >= 15 is 0 Å². The van der Waals surface area contributed by atoms with Gasteiger partial charge in [0.15, 0.2) is 5.69 Å². The Morgan fingerprint density at radius 1 is 1.50 bits per heavy atom. The monoisotopic (exact) mass is 291 g/mol. The number of nitrogens with one attached hydrogen (secondary N) is 2.